The van der Waals surface area contributed by atoms with Crippen LogP contribution in [0.4, 0.5) is 0 Å². The molecule has 1 amide bonds. The molecule has 0 aliphatic heterocycles. The third kappa shape index (κ3) is 4.51. The number of benzene rings is 3. The number of amidine groups is 1. The van der Waals surface area contributed by atoms with Gasteiger partial charge in [0, 0.05) is 28.6 Å². The van der Waals surface area contributed by atoms with Gasteiger partial charge in [-0.2, -0.15) is 5.10 Å². The quantitative estimate of drug-likeness (QED) is 0.287. The number of nitrogens with zero attached hydrogens (tertiary/aromatic N) is 2. The zero-order chi connectivity index (χ0) is 21.6. The molecule has 31 heavy (non-hydrogen) atoms. The maximum Gasteiger partial charge on any atom is 0.251 e. The maximum absolute atomic E-state index is 12.6. The molecule has 0 atom stereocenters. The summed E-state index contributed by atoms with van der Waals surface area (Å²) in [6.07, 6.45) is 1.87. The number of carbonyl (C=O) groups excluding carboxylic acids is 1. The van der Waals surface area contributed by atoms with Crippen molar-refractivity contribution in [2.24, 2.45) is 10.7 Å². The molecule has 0 saturated carbocycles. The molecule has 154 valence electrons. The minimum atomic E-state index is -0.127. The van der Waals surface area contributed by atoms with Crippen LogP contribution in [0, 0.1) is 5.41 Å². The Kier molecular flexibility index (Phi) is 5.84. The average molecular weight is 410 g/mol. The Hall–Kier alpha value is -4.26. The highest BCUT2D eigenvalue weighted by molar-refractivity contribution is 6.05. The van der Waals surface area contributed by atoms with Crippen LogP contribution >= 0.6 is 0 Å². The second-order valence-electron chi connectivity index (χ2n) is 7.03. The van der Waals surface area contributed by atoms with Gasteiger partial charge in [0.1, 0.15) is 0 Å². The summed E-state index contributed by atoms with van der Waals surface area (Å²) in [5, 5.41) is 19.2. The Balaban J connectivity index is 1.55. The van der Waals surface area contributed by atoms with Crippen molar-refractivity contribution in [2.45, 2.75) is 6.42 Å². The van der Waals surface area contributed by atoms with E-state index in [0.717, 1.165) is 29.2 Å². The fourth-order valence-corrected chi connectivity index (χ4v) is 3.41. The van der Waals surface area contributed by atoms with Crippen LogP contribution in [0.5, 0.6) is 0 Å². The first kappa shape index (κ1) is 20.0. The second-order valence-corrected chi connectivity index (χ2v) is 7.03. The minimum Gasteiger partial charge on any atom is -0.390 e. The third-order valence-electron chi connectivity index (χ3n) is 4.98. The van der Waals surface area contributed by atoms with Crippen LogP contribution in [0.3, 0.4) is 0 Å². The van der Waals surface area contributed by atoms with Crippen LogP contribution in [0.25, 0.3) is 22.2 Å². The van der Waals surface area contributed by atoms with Gasteiger partial charge in [0.25, 0.3) is 5.91 Å². The van der Waals surface area contributed by atoms with Crippen LogP contribution < -0.4 is 11.1 Å². The highest BCUT2D eigenvalue weighted by Crippen LogP contribution is 2.28. The Bertz CT molecular complexity index is 1260. The lowest BCUT2D eigenvalue weighted by Gasteiger charge is -2.07. The van der Waals surface area contributed by atoms with Gasteiger partial charge in [-0.05, 0) is 42.3 Å². The van der Waals surface area contributed by atoms with E-state index >= 15 is 0 Å². The molecule has 0 fully saturated rings. The summed E-state index contributed by atoms with van der Waals surface area (Å²) < 4.78 is 0. The number of rotatable bonds is 6. The van der Waals surface area contributed by atoms with Gasteiger partial charge in [-0.25, -0.2) is 4.99 Å². The van der Waals surface area contributed by atoms with Crippen molar-refractivity contribution in [3.05, 3.63) is 89.5 Å². The van der Waals surface area contributed by atoms with E-state index in [1.807, 2.05) is 60.7 Å². The highest BCUT2D eigenvalue weighted by atomic mass is 16.1. The standard InChI is InChI=1S/C24H22N6O/c25-15-28-23(26)18-9-10-21-20(14-18)22(30-29-21)17-7-4-8-19(13-17)24(31)27-12-11-16-5-2-1-3-6-16/h1-10,13-15H,11-12H2,(H,27,31)(H,29,30)(H3,25,26,28). The molecule has 0 bridgehead atoms. The van der Waals surface area contributed by atoms with Gasteiger partial charge in [0.05, 0.1) is 17.5 Å². The SMILES string of the molecule is N=C(/N=C\N)c1ccc2[nH]nc(-c3cccc(C(=O)NCCc4ccccc4)c3)c2c1. The molecule has 0 spiro atoms. The van der Waals surface area contributed by atoms with Crippen LogP contribution in [0.1, 0.15) is 21.5 Å². The molecule has 5 N–H and O–H groups in total. The molecule has 4 aromatic rings. The first-order valence-electron chi connectivity index (χ1n) is 9.89. The first-order valence-corrected chi connectivity index (χ1v) is 9.89. The summed E-state index contributed by atoms with van der Waals surface area (Å²) in [7, 11) is 0. The Labute approximate surface area is 179 Å². The Morgan fingerprint density at radius 2 is 1.90 bits per heavy atom. The van der Waals surface area contributed by atoms with Crippen LogP contribution in [-0.4, -0.2) is 34.8 Å². The summed E-state index contributed by atoms with van der Waals surface area (Å²) in [5.74, 6) is -0.0551. The number of nitrogens with one attached hydrogen (secondary N) is 3. The predicted octanol–water partition coefficient (Wildman–Crippen LogP) is 3.51. The van der Waals surface area contributed by atoms with E-state index in [1.54, 1.807) is 12.1 Å². The van der Waals surface area contributed by atoms with E-state index in [1.165, 1.54) is 5.56 Å². The molecule has 0 aliphatic carbocycles. The maximum atomic E-state index is 12.6. The lowest BCUT2D eigenvalue weighted by Crippen LogP contribution is -2.25. The van der Waals surface area contributed by atoms with Crippen LogP contribution in [-0.2, 0) is 6.42 Å². The zero-order valence-corrected chi connectivity index (χ0v) is 16.8. The Morgan fingerprint density at radius 1 is 1.06 bits per heavy atom. The fourth-order valence-electron chi connectivity index (χ4n) is 3.41. The molecule has 7 nitrogen and oxygen atoms in total. The van der Waals surface area contributed by atoms with Gasteiger partial charge < -0.3 is 11.1 Å². The minimum absolute atomic E-state index is 0.0723. The number of aromatic nitrogens is 2. The number of hydrogen-bond acceptors (Lipinski definition) is 3. The van der Waals surface area contributed by atoms with E-state index in [0.29, 0.717) is 23.4 Å². The van der Waals surface area contributed by atoms with Crippen LogP contribution in [0.15, 0.2) is 77.8 Å². The normalized spacial score (nSPS) is 11.1. The summed E-state index contributed by atoms with van der Waals surface area (Å²) in [4.78, 5) is 16.5. The van der Waals surface area contributed by atoms with E-state index in [-0.39, 0.29) is 11.7 Å². The van der Waals surface area contributed by atoms with Gasteiger partial charge in [-0.1, -0.05) is 42.5 Å². The van der Waals surface area contributed by atoms with Gasteiger partial charge in [0.15, 0.2) is 5.84 Å². The van der Waals surface area contributed by atoms with Gasteiger partial charge in [-0.15, -0.1) is 0 Å². The largest absolute Gasteiger partial charge is 0.390 e. The summed E-state index contributed by atoms with van der Waals surface area (Å²) in [5.41, 5.74) is 10.0. The van der Waals surface area contributed by atoms with Crippen molar-refractivity contribution in [2.75, 3.05) is 6.54 Å². The fraction of sp³-hybridized carbons (Fsp3) is 0.0833. The third-order valence-corrected chi connectivity index (χ3v) is 4.98. The molecule has 0 saturated heterocycles. The van der Waals surface area contributed by atoms with Crippen molar-refractivity contribution in [3.8, 4) is 11.3 Å². The summed E-state index contributed by atoms with van der Waals surface area (Å²) >= 11 is 0. The molecule has 7 heteroatoms. The number of carbonyl (C=O) groups is 1. The number of amides is 1. The van der Waals surface area contributed by atoms with E-state index in [9.17, 15) is 4.79 Å². The highest BCUT2D eigenvalue weighted by Gasteiger charge is 2.13. The number of nitrogens with two attached hydrogens (primary N) is 1. The second kappa shape index (κ2) is 9.04. The number of aliphatic imine (C=N–C) groups is 1. The number of aromatic amines is 1. The smallest absolute Gasteiger partial charge is 0.251 e. The monoisotopic (exact) mass is 410 g/mol. The van der Waals surface area contributed by atoms with Crippen molar-refractivity contribution >= 4 is 29.0 Å². The summed E-state index contributed by atoms with van der Waals surface area (Å²) in [6.45, 7) is 0.561. The predicted molar refractivity (Wildman–Crippen MR) is 124 cm³/mol. The Morgan fingerprint density at radius 3 is 2.71 bits per heavy atom. The van der Waals surface area contributed by atoms with Gasteiger partial charge in [0.2, 0.25) is 0 Å². The average Bonchev–Trinajstić information content (AvgIpc) is 3.23. The number of hydrogen-bond donors (Lipinski definition) is 4. The molecular formula is C24H22N6O. The lowest BCUT2D eigenvalue weighted by molar-refractivity contribution is 0.0954. The summed E-state index contributed by atoms with van der Waals surface area (Å²) in [6, 6.07) is 22.9. The lowest BCUT2D eigenvalue weighted by atomic mass is 10.0. The van der Waals surface area contributed by atoms with Crippen molar-refractivity contribution in [1.29, 1.82) is 5.41 Å². The van der Waals surface area contributed by atoms with Crippen molar-refractivity contribution in [3.63, 3.8) is 0 Å². The number of fused-ring (bicyclic) bond motifs is 1. The topological polar surface area (TPSA) is 120 Å². The molecule has 0 radical (unpaired) electrons. The first-order chi connectivity index (χ1) is 15.2. The van der Waals surface area contributed by atoms with Gasteiger partial charge in [-0.3, -0.25) is 15.3 Å². The molecule has 4 rings (SSSR count). The molecule has 0 aliphatic rings. The van der Waals surface area contributed by atoms with Crippen molar-refractivity contribution < 1.29 is 4.79 Å². The molecular weight excluding hydrogens is 388 g/mol. The molecule has 1 aromatic heterocycles. The van der Waals surface area contributed by atoms with E-state index in [4.69, 9.17) is 11.1 Å². The number of H-pyrrole nitrogens is 1. The van der Waals surface area contributed by atoms with E-state index < -0.39 is 0 Å². The van der Waals surface area contributed by atoms with Crippen molar-refractivity contribution in [1.82, 2.24) is 15.5 Å². The van der Waals surface area contributed by atoms with Crippen LogP contribution in [0.2, 0.25) is 0 Å². The molecule has 1 heterocycles. The molecule has 0 unspecified atom stereocenters. The molecule has 3 aromatic carbocycles. The van der Waals surface area contributed by atoms with E-state index in [2.05, 4.69) is 20.5 Å². The van der Waals surface area contributed by atoms with Gasteiger partial charge >= 0.3 is 0 Å². The zero-order valence-electron chi connectivity index (χ0n) is 16.8.